The first-order chi connectivity index (χ1) is 27.4. The summed E-state index contributed by atoms with van der Waals surface area (Å²) < 4.78 is 107. The molecule has 1 heterocycles. The molecule has 0 aliphatic carbocycles. The van der Waals surface area contributed by atoms with Gasteiger partial charge in [0.05, 0.1) is 27.8 Å². The van der Waals surface area contributed by atoms with E-state index in [4.69, 9.17) is 28.4 Å². The van der Waals surface area contributed by atoms with Crippen LogP contribution in [0.25, 0.3) is 0 Å². The average molecular weight is 791 g/mol. The molecule has 292 valence electrons. The number of carbonyl (C=O) groups is 5. The lowest BCUT2D eigenvalue weighted by Crippen LogP contribution is -2.63. The first-order valence-electron chi connectivity index (χ1n) is 16.8. The second kappa shape index (κ2) is 17.7. The zero-order valence-corrected chi connectivity index (χ0v) is 29.0. The predicted octanol–water partition coefficient (Wildman–Crippen LogP) is 6.80. The lowest BCUT2D eigenvalue weighted by atomic mass is 9.97. The molecule has 0 bridgehead atoms. The summed E-state index contributed by atoms with van der Waals surface area (Å²) in [5.41, 5.74) is -3.31. The fraction of sp³-hybridized carbons (Fsp3) is 0.146. The van der Waals surface area contributed by atoms with Crippen molar-refractivity contribution in [1.82, 2.24) is 0 Å². The van der Waals surface area contributed by atoms with Gasteiger partial charge in [-0.1, -0.05) is 60.7 Å². The first kappa shape index (κ1) is 39.7. The smallest absolute Gasteiger partial charge is 0.343 e. The molecule has 0 amide bonds. The average Bonchev–Trinajstić information content (AvgIpc) is 3.19. The van der Waals surface area contributed by atoms with Crippen molar-refractivity contribution in [3.05, 3.63) is 178 Å². The molecule has 5 atom stereocenters. The van der Waals surface area contributed by atoms with Gasteiger partial charge in [-0.25, -0.2) is 45.9 Å². The van der Waals surface area contributed by atoms with Crippen LogP contribution in [0.5, 0.6) is 0 Å². The van der Waals surface area contributed by atoms with Crippen molar-refractivity contribution in [1.29, 1.82) is 0 Å². The summed E-state index contributed by atoms with van der Waals surface area (Å²) in [6.45, 7) is -1.03. The van der Waals surface area contributed by atoms with Gasteiger partial charge in [0.1, 0.15) is 41.8 Å². The van der Waals surface area contributed by atoms with Crippen LogP contribution in [0.1, 0.15) is 51.8 Å². The Morgan fingerprint density at radius 2 is 0.702 bits per heavy atom. The molecule has 0 unspecified atom stereocenters. The molecule has 0 saturated carbocycles. The van der Waals surface area contributed by atoms with Crippen LogP contribution in [0.15, 0.2) is 121 Å². The van der Waals surface area contributed by atoms with Crippen molar-refractivity contribution in [3.63, 3.8) is 0 Å². The van der Waals surface area contributed by atoms with Gasteiger partial charge in [0.2, 0.25) is 12.4 Å². The van der Waals surface area contributed by atoms with Gasteiger partial charge in [-0.2, -0.15) is 0 Å². The van der Waals surface area contributed by atoms with Crippen LogP contribution in [0.2, 0.25) is 0 Å². The van der Waals surface area contributed by atoms with E-state index in [9.17, 15) is 45.9 Å². The minimum absolute atomic E-state index is 0.560. The summed E-state index contributed by atoms with van der Waals surface area (Å²) in [4.78, 5) is 67.2. The summed E-state index contributed by atoms with van der Waals surface area (Å²) in [5.74, 6) is -12.5. The highest BCUT2D eigenvalue weighted by molar-refractivity contribution is 5.92. The summed E-state index contributed by atoms with van der Waals surface area (Å²) in [6.07, 6.45) is -10.9. The van der Waals surface area contributed by atoms with E-state index in [0.717, 1.165) is 60.7 Å². The Kier molecular flexibility index (Phi) is 12.3. The van der Waals surface area contributed by atoms with Crippen molar-refractivity contribution in [2.75, 3.05) is 6.61 Å². The molecule has 1 saturated heterocycles. The van der Waals surface area contributed by atoms with Gasteiger partial charge in [-0.3, -0.25) is 0 Å². The van der Waals surface area contributed by atoms with Gasteiger partial charge in [0, 0.05) is 0 Å². The Balaban J connectivity index is 1.47. The third-order valence-corrected chi connectivity index (χ3v) is 8.39. The Morgan fingerprint density at radius 3 is 1.07 bits per heavy atom. The summed E-state index contributed by atoms with van der Waals surface area (Å²) >= 11 is 0. The van der Waals surface area contributed by atoms with E-state index in [1.165, 1.54) is 60.7 Å². The molecule has 57 heavy (non-hydrogen) atoms. The van der Waals surface area contributed by atoms with E-state index in [-0.39, 0.29) is 0 Å². The number of rotatable bonds is 11. The van der Waals surface area contributed by atoms with Gasteiger partial charge >= 0.3 is 29.8 Å². The zero-order chi connectivity index (χ0) is 40.6. The Labute approximate surface area is 319 Å². The van der Waals surface area contributed by atoms with Crippen molar-refractivity contribution in [2.24, 2.45) is 0 Å². The number of hydrogen-bond donors (Lipinski definition) is 0. The maximum atomic E-state index is 14.9. The van der Waals surface area contributed by atoms with Gasteiger partial charge in [-0.05, 0) is 60.7 Å². The molecule has 0 spiro atoms. The molecule has 1 aliphatic heterocycles. The minimum Gasteiger partial charge on any atom is -0.459 e. The summed E-state index contributed by atoms with van der Waals surface area (Å²) in [5, 5.41) is 0. The van der Waals surface area contributed by atoms with Gasteiger partial charge in [0.15, 0.2) is 12.2 Å². The monoisotopic (exact) mass is 790 g/mol. The van der Waals surface area contributed by atoms with Crippen molar-refractivity contribution >= 4 is 29.8 Å². The SMILES string of the molecule is O=C(OC[C@H]1O[C@H](OC(=O)c2ccccc2F)[C@H](OC(=O)c2ccccc2F)[C@@H](OC(=O)c2ccccc2F)[C@@H]1OC(=O)c1ccccc1F)c1ccccc1F. The van der Waals surface area contributed by atoms with Crippen LogP contribution in [-0.4, -0.2) is 67.2 Å². The fourth-order valence-corrected chi connectivity index (χ4v) is 5.61. The minimum atomic E-state index is -2.30. The van der Waals surface area contributed by atoms with E-state index in [1.807, 2.05) is 0 Å². The van der Waals surface area contributed by atoms with E-state index in [2.05, 4.69) is 0 Å². The van der Waals surface area contributed by atoms with Crippen molar-refractivity contribution < 1.29 is 74.3 Å². The quantitative estimate of drug-likeness (QED) is 0.0793. The van der Waals surface area contributed by atoms with Gasteiger partial charge in [-0.15, -0.1) is 0 Å². The Bertz CT molecular complexity index is 2320. The third kappa shape index (κ3) is 9.13. The number of halogens is 5. The van der Waals surface area contributed by atoms with Crippen LogP contribution >= 0.6 is 0 Å². The third-order valence-electron chi connectivity index (χ3n) is 8.39. The summed E-state index contributed by atoms with van der Waals surface area (Å²) in [7, 11) is 0. The Hall–Kier alpha value is -6.94. The number of carbonyl (C=O) groups excluding carboxylic acids is 5. The molecule has 0 radical (unpaired) electrons. The highest BCUT2D eigenvalue weighted by Gasteiger charge is 2.55. The van der Waals surface area contributed by atoms with E-state index >= 15 is 0 Å². The molecule has 6 rings (SSSR count). The molecule has 5 aromatic carbocycles. The van der Waals surface area contributed by atoms with E-state index in [1.54, 1.807) is 0 Å². The first-order valence-corrected chi connectivity index (χ1v) is 16.8. The molecule has 16 heteroatoms. The van der Waals surface area contributed by atoms with Gasteiger partial charge < -0.3 is 28.4 Å². The van der Waals surface area contributed by atoms with Gasteiger partial charge in [0.25, 0.3) is 0 Å². The van der Waals surface area contributed by atoms with Crippen LogP contribution < -0.4 is 0 Å². The number of esters is 5. The topological polar surface area (TPSA) is 141 Å². The lowest BCUT2D eigenvalue weighted by molar-refractivity contribution is -0.283. The molecule has 1 fully saturated rings. The fourth-order valence-electron chi connectivity index (χ4n) is 5.61. The molecular weight excluding hydrogens is 763 g/mol. The predicted molar refractivity (Wildman–Crippen MR) is 184 cm³/mol. The van der Waals surface area contributed by atoms with E-state index in [0.29, 0.717) is 0 Å². The maximum absolute atomic E-state index is 14.9. The van der Waals surface area contributed by atoms with Crippen molar-refractivity contribution in [3.8, 4) is 0 Å². The molecule has 5 aromatic rings. The van der Waals surface area contributed by atoms with Crippen LogP contribution in [0.3, 0.4) is 0 Å². The standard InChI is InChI=1S/C41H27F5O11/c42-27-16-6-1-11-22(27)36(47)52-21-32-33(54-37(48)23-12-2-7-17-28(23)43)34(55-38(49)24-13-3-8-18-29(24)44)35(56-39(50)25-14-4-9-19-30(25)45)41(53-32)57-40(51)26-15-5-10-20-31(26)46/h1-20,32-35,41H,21H2/t32-,33-,34+,35-,41-/m1/s1. The molecule has 1 aliphatic rings. The van der Waals surface area contributed by atoms with Crippen LogP contribution in [0, 0.1) is 29.1 Å². The molecule has 0 aromatic heterocycles. The lowest BCUT2D eigenvalue weighted by Gasteiger charge is -2.43. The molecular formula is C41H27F5O11. The summed E-state index contributed by atoms with van der Waals surface area (Å²) in [6, 6.07) is 22.4. The van der Waals surface area contributed by atoms with E-state index < -0.39 is 124 Å². The number of ether oxygens (including phenoxy) is 6. The normalized spacial score (nSPS) is 18.8. The highest BCUT2D eigenvalue weighted by atomic mass is 19.1. The molecule has 0 N–H and O–H groups in total. The largest absolute Gasteiger partial charge is 0.459 e. The van der Waals surface area contributed by atoms with Crippen LogP contribution in [0.4, 0.5) is 22.0 Å². The number of hydrogen-bond acceptors (Lipinski definition) is 11. The Morgan fingerprint density at radius 1 is 0.404 bits per heavy atom. The number of benzene rings is 5. The maximum Gasteiger partial charge on any atom is 0.343 e. The second-order valence-electron chi connectivity index (χ2n) is 12.1. The molecule has 11 nitrogen and oxygen atoms in total. The van der Waals surface area contributed by atoms with Crippen molar-refractivity contribution in [2.45, 2.75) is 30.7 Å². The highest BCUT2D eigenvalue weighted by Crippen LogP contribution is 2.33. The second-order valence-corrected chi connectivity index (χ2v) is 12.1. The van der Waals surface area contributed by atoms with Crippen LogP contribution in [-0.2, 0) is 28.4 Å². The zero-order valence-electron chi connectivity index (χ0n) is 29.0.